The van der Waals surface area contributed by atoms with Gasteiger partial charge in [0, 0.05) is 18.0 Å². The first-order chi connectivity index (χ1) is 8.90. The lowest BCUT2D eigenvalue weighted by atomic mass is 10.2. The van der Waals surface area contributed by atoms with Crippen molar-refractivity contribution in [1.82, 2.24) is 4.57 Å². The van der Waals surface area contributed by atoms with E-state index in [9.17, 15) is 13.6 Å². The topological polar surface area (TPSA) is 48.0 Å². The number of pyridine rings is 1. The van der Waals surface area contributed by atoms with Crippen molar-refractivity contribution < 1.29 is 8.78 Å². The van der Waals surface area contributed by atoms with E-state index in [4.69, 9.17) is 5.73 Å². The summed E-state index contributed by atoms with van der Waals surface area (Å²) in [5.41, 5.74) is 5.06. The van der Waals surface area contributed by atoms with Crippen molar-refractivity contribution in [2.45, 2.75) is 6.54 Å². The second-order valence-electron chi connectivity index (χ2n) is 3.88. The highest BCUT2D eigenvalue weighted by Gasteiger charge is 2.13. The van der Waals surface area contributed by atoms with Crippen LogP contribution >= 0.6 is 31.9 Å². The maximum Gasteiger partial charge on any atom is 0.218 e. The third-order valence-electron chi connectivity index (χ3n) is 2.54. The van der Waals surface area contributed by atoms with Crippen molar-refractivity contribution in [2.75, 3.05) is 5.73 Å². The predicted molar refractivity (Wildman–Crippen MR) is 76.0 cm³/mol. The number of nitrogens with two attached hydrogens (primary N) is 1. The van der Waals surface area contributed by atoms with Crippen molar-refractivity contribution in [2.24, 2.45) is 0 Å². The van der Waals surface area contributed by atoms with E-state index in [1.807, 2.05) is 0 Å². The van der Waals surface area contributed by atoms with Crippen molar-refractivity contribution in [3.8, 4) is 0 Å². The van der Waals surface area contributed by atoms with Crippen LogP contribution in [0.3, 0.4) is 0 Å². The van der Waals surface area contributed by atoms with Crippen LogP contribution in [-0.4, -0.2) is 4.57 Å². The Morgan fingerprint density at radius 3 is 2.47 bits per heavy atom. The molecule has 0 radical (unpaired) electrons. The molecule has 7 heteroatoms. The lowest BCUT2D eigenvalue weighted by Gasteiger charge is -2.11. The minimum absolute atomic E-state index is 0.00480. The molecule has 2 aromatic rings. The Morgan fingerprint density at radius 2 is 1.84 bits per heavy atom. The zero-order valence-electron chi connectivity index (χ0n) is 9.46. The van der Waals surface area contributed by atoms with E-state index in [0.717, 1.165) is 0 Å². The lowest BCUT2D eigenvalue weighted by molar-refractivity contribution is 0.540. The molecular weight excluding hydrogens is 386 g/mol. The number of nitrogens with zero attached hydrogens (tertiary/aromatic N) is 1. The number of halogens is 4. The zero-order valence-corrected chi connectivity index (χ0v) is 12.6. The normalized spacial score (nSPS) is 10.7. The summed E-state index contributed by atoms with van der Waals surface area (Å²) in [5.74, 6) is -1.33. The molecule has 100 valence electrons. The minimum atomic E-state index is -0.673. The fraction of sp³-hybridized carbons (Fsp3) is 0.0833. The standard InChI is InChI=1S/C12H8Br2F2N2O/c13-7-1-2-9(15)6(11(7)16)3-18-4-8(14)12(19)10(17)5-18/h1-2,4-5H,3,17H2. The summed E-state index contributed by atoms with van der Waals surface area (Å²) in [7, 11) is 0. The average molecular weight is 394 g/mol. The van der Waals surface area contributed by atoms with E-state index in [1.165, 1.54) is 29.1 Å². The van der Waals surface area contributed by atoms with E-state index in [1.54, 1.807) is 0 Å². The summed E-state index contributed by atoms with van der Waals surface area (Å²) < 4.78 is 29.3. The van der Waals surface area contributed by atoms with Gasteiger partial charge in [0.1, 0.15) is 11.6 Å². The van der Waals surface area contributed by atoms with Crippen LogP contribution in [0.4, 0.5) is 14.5 Å². The number of nitrogen functional groups attached to an aromatic ring is 1. The van der Waals surface area contributed by atoms with E-state index >= 15 is 0 Å². The molecule has 1 aromatic heterocycles. The second kappa shape index (κ2) is 5.42. The summed E-state index contributed by atoms with van der Waals surface area (Å²) in [6, 6.07) is 2.47. The van der Waals surface area contributed by atoms with E-state index in [-0.39, 0.29) is 32.2 Å². The molecule has 0 bridgehead atoms. The second-order valence-corrected chi connectivity index (χ2v) is 5.59. The van der Waals surface area contributed by atoms with E-state index in [2.05, 4.69) is 31.9 Å². The van der Waals surface area contributed by atoms with Gasteiger partial charge in [-0.05, 0) is 44.0 Å². The molecule has 0 aliphatic carbocycles. The SMILES string of the molecule is Nc1cn(Cc2c(F)ccc(Br)c2F)cc(Br)c1=O. The minimum Gasteiger partial charge on any atom is -0.394 e. The van der Waals surface area contributed by atoms with Gasteiger partial charge >= 0.3 is 0 Å². The summed E-state index contributed by atoms with van der Waals surface area (Å²) >= 11 is 6.05. The summed E-state index contributed by atoms with van der Waals surface area (Å²) in [5, 5.41) is 0. The number of anilines is 1. The van der Waals surface area contributed by atoms with Gasteiger partial charge in [-0.15, -0.1) is 0 Å². The maximum atomic E-state index is 13.8. The first-order valence-corrected chi connectivity index (χ1v) is 6.76. The quantitative estimate of drug-likeness (QED) is 0.796. The Balaban J connectivity index is 2.48. The molecule has 0 saturated carbocycles. The largest absolute Gasteiger partial charge is 0.394 e. The van der Waals surface area contributed by atoms with Gasteiger partial charge in [0.15, 0.2) is 0 Å². The lowest BCUT2D eigenvalue weighted by Crippen LogP contribution is -2.14. The Labute approximate surface area is 124 Å². The Bertz CT molecular complexity index is 675. The van der Waals surface area contributed by atoms with Crippen molar-refractivity contribution >= 4 is 37.5 Å². The fourth-order valence-corrected chi connectivity index (χ4v) is 2.47. The van der Waals surface area contributed by atoms with Gasteiger partial charge in [-0.2, -0.15) is 0 Å². The highest BCUT2D eigenvalue weighted by molar-refractivity contribution is 9.10. The molecule has 3 nitrogen and oxygen atoms in total. The number of hydrogen-bond acceptors (Lipinski definition) is 2. The van der Waals surface area contributed by atoms with Crippen LogP contribution in [-0.2, 0) is 6.54 Å². The monoisotopic (exact) mass is 392 g/mol. The van der Waals surface area contributed by atoms with Crippen LogP contribution in [0.25, 0.3) is 0 Å². The van der Waals surface area contributed by atoms with Crippen LogP contribution in [0.2, 0.25) is 0 Å². The third kappa shape index (κ3) is 2.87. The number of rotatable bonds is 2. The Morgan fingerprint density at radius 1 is 1.16 bits per heavy atom. The Hall–Kier alpha value is -1.21. The molecule has 0 aliphatic heterocycles. The van der Waals surface area contributed by atoms with Gasteiger partial charge in [0.2, 0.25) is 5.43 Å². The molecular formula is C12H8Br2F2N2O. The van der Waals surface area contributed by atoms with Gasteiger partial charge in [-0.3, -0.25) is 4.79 Å². The van der Waals surface area contributed by atoms with Crippen molar-refractivity contribution in [1.29, 1.82) is 0 Å². The smallest absolute Gasteiger partial charge is 0.218 e. The maximum absolute atomic E-state index is 13.8. The predicted octanol–water partition coefficient (Wildman–Crippen LogP) is 3.28. The zero-order chi connectivity index (χ0) is 14.2. The number of hydrogen-bond donors (Lipinski definition) is 1. The van der Waals surface area contributed by atoms with Gasteiger partial charge in [0.05, 0.1) is 21.2 Å². The van der Waals surface area contributed by atoms with Gasteiger partial charge in [-0.1, -0.05) is 0 Å². The highest BCUT2D eigenvalue weighted by atomic mass is 79.9. The van der Waals surface area contributed by atoms with Crippen LogP contribution < -0.4 is 11.2 Å². The van der Waals surface area contributed by atoms with Gasteiger partial charge in [0.25, 0.3) is 0 Å². The first kappa shape index (κ1) is 14.2. The van der Waals surface area contributed by atoms with Crippen LogP contribution in [0, 0.1) is 11.6 Å². The summed E-state index contributed by atoms with van der Waals surface area (Å²) in [6.07, 6.45) is 2.77. The molecule has 0 atom stereocenters. The molecule has 0 unspecified atom stereocenters. The molecule has 0 aliphatic rings. The Kier molecular flexibility index (Phi) is 4.05. The number of aromatic nitrogens is 1. The van der Waals surface area contributed by atoms with Crippen molar-refractivity contribution in [3.63, 3.8) is 0 Å². The van der Waals surface area contributed by atoms with Crippen LogP contribution in [0.5, 0.6) is 0 Å². The van der Waals surface area contributed by atoms with Crippen molar-refractivity contribution in [3.05, 3.63) is 60.9 Å². The van der Waals surface area contributed by atoms with E-state index in [0.29, 0.717) is 0 Å². The molecule has 0 saturated heterocycles. The summed E-state index contributed by atoms with van der Waals surface area (Å²) in [6.45, 7) is -0.0693. The number of benzene rings is 1. The fourth-order valence-electron chi connectivity index (χ4n) is 1.60. The van der Waals surface area contributed by atoms with Crippen LogP contribution in [0.15, 0.2) is 38.3 Å². The first-order valence-electron chi connectivity index (χ1n) is 5.17. The molecule has 0 spiro atoms. The van der Waals surface area contributed by atoms with Gasteiger partial charge < -0.3 is 10.3 Å². The van der Waals surface area contributed by atoms with Crippen LogP contribution in [0.1, 0.15) is 5.56 Å². The average Bonchev–Trinajstić information content (AvgIpc) is 2.36. The highest BCUT2D eigenvalue weighted by Crippen LogP contribution is 2.22. The molecule has 0 fully saturated rings. The molecule has 2 rings (SSSR count). The summed E-state index contributed by atoms with van der Waals surface area (Å²) in [4.78, 5) is 11.4. The molecule has 0 amide bonds. The van der Waals surface area contributed by atoms with Gasteiger partial charge in [-0.25, -0.2) is 8.78 Å². The molecule has 1 aromatic carbocycles. The molecule has 1 heterocycles. The third-order valence-corrected chi connectivity index (χ3v) is 3.72. The van der Waals surface area contributed by atoms with E-state index < -0.39 is 11.6 Å². The molecule has 19 heavy (non-hydrogen) atoms. The molecule has 2 N–H and O–H groups in total.